The predicted octanol–water partition coefficient (Wildman–Crippen LogP) is 3.77. The van der Waals surface area contributed by atoms with Gasteiger partial charge in [0.15, 0.2) is 11.5 Å². The van der Waals surface area contributed by atoms with Crippen LogP contribution in [0.15, 0.2) is 18.2 Å². The molecule has 1 aromatic rings. The number of methoxy groups -OCH3 is 1. The third kappa shape index (κ3) is 2.00. The standard InChI is InChI=1S/C18H24O4/c1-17(2)12-7-8-18(17,3)15(10-12)22-16(20)11-5-6-13(19)14(9-11)21-4/h5-6,9,12,15,19H,7-8,10H2,1-4H3/t12-,15-,18-/m0/s1. The highest BCUT2D eigenvalue weighted by molar-refractivity contribution is 5.90. The summed E-state index contributed by atoms with van der Waals surface area (Å²) in [6, 6.07) is 4.56. The van der Waals surface area contributed by atoms with E-state index in [4.69, 9.17) is 9.47 Å². The van der Waals surface area contributed by atoms with Gasteiger partial charge in [-0.3, -0.25) is 0 Å². The Morgan fingerprint density at radius 1 is 1.32 bits per heavy atom. The lowest BCUT2D eigenvalue weighted by Gasteiger charge is -2.38. The van der Waals surface area contributed by atoms with E-state index in [1.165, 1.54) is 25.7 Å². The SMILES string of the molecule is COc1cc(C(=O)O[C@H]2C[C@@H]3CC[C@]2(C)C3(C)C)ccc1O. The molecule has 4 heteroatoms. The lowest BCUT2D eigenvalue weighted by molar-refractivity contribution is -0.0242. The quantitative estimate of drug-likeness (QED) is 0.864. The van der Waals surface area contributed by atoms with E-state index in [0.29, 0.717) is 11.5 Å². The summed E-state index contributed by atoms with van der Waals surface area (Å²) >= 11 is 0. The van der Waals surface area contributed by atoms with Gasteiger partial charge in [-0.15, -0.1) is 0 Å². The van der Waals surface area contributed by atoms with Gasteiger partial charge in [-0.1, -0.05) is 20.8 Å². The fourth-order valence-corrected chi connectivity index (χ4v) is 4.31. The summed E-state index contributed by atoms with van der Waals surface area (Å²) in [6.07, 6.45) is 3.25. The van der Waals surface area contributed by atoms with Crippen LogP contribution in [-0.2, 0) is 4.74 Å². The summed E-state index contributed by atoms with van der Waals surface area (Å²) in [4.78, 5) is 12.5. The smallest absolute Gasteiger partial charge is 0.338 e. The normalized spacial score (nSPS) is 32.0. The number of hydrogen-bond donors (Lipinski definition) is 1. The van der Waals surface area contributed by atoms with Crippen LogP contribution in [0.2, 0.25) is 0 Å². The van der Waals surface area contributed by atoms with Crippen LogP contribution in [0.4, 0.5) is 0 Å². The first-order valence-corrected chi connectivity index (χ1v) is 7.87. The number of esters is 1. The molecule has 0 amide bonds. The summed E-state index contributed by atoms with van der Waals surface area (Å²) in [5.41, 5.74) is 0.678. The zero-order valence-electron chi connectivity index (χ0n) is 13.7. The molecule has 2 fully saturated rings. The van der Waals surface area contributed by atoms with Crippen molar-refractivity contribution < 1.29 is 19.4 Å². The van der Waals surface area contributed by atoms with Gasteiger partial charge in [0.25, 0.3) is 0 Å². The molecular formula is C18H24O4. The molecule has 1 aromatic carbocycles. The predicted molar refractivity (Wildman–Crippen MR) is 83.1 cm³/mol. The van der Waals surface area contributed by atoms with Crippen LogP contribution in [0, 0.1) is 16.7 Å². The number of carbonyl (C=O) groups excluding carboxylic acids is 1. The third-order valence-electron chi connectivity index (χ3n) is 6.38. The molecule has 0 radical (unpaired) electrons. The van der Waals surface area contributed by atoms with Crippen molar-refractivity contribution in [3.63, 3.8) is 0 Å². The van der Waals surface area contributed by atoms with E-state index >= 15 is 0 Å². The molecule has 2 aliphatic rings. The molecule has 3 atom stereocenters. The number of hydrogen-bond acceptors (Lipinski definition) is 4. The number of ether oxygens (including phenoxy) is 2. The van der Waals surface area contributed by atoms with Gasteiger partial charge in [-0.2, -0.15) is 0 Å². The van der Waals surface area contributed by atoms with Crippen molar-refractivity contribution in [3.05, 3.63) is 23.8 Å². The Morgan fingerprint density at radius 3 is 2.59 bits per heavy atom. The largest absolute Gasteiger partial charge is 0.504 e. The number of phenols is 1. The van der Waals surface area contributed by atoms with Crippen molar-refractivity contribution in [2.75, 3.05) is 7.11 Å². The monoisotopic (exact) mass is 304 g/mol. The van der Waals surface area contributed by atoms with E-state index in [-0.39, 0.29) is 34.4 Å². The molecular weight excluding hydrogens is 280 g/mol. The molecule has 0 spiro atoms. The first-order chi connectivity index (χ1) is 10.3. The molecule has 22 heavy (non-hydrogen) atoms. The summed E-state index contributed by atoms with van der Waals surface area (Å²) in [5.74, 6) is 0.596. The van der Waals surface area contributed by atoms with Crippen LogP contribution in [0.25, 0.3) is 0 Å². The lowest BCUT2D eigenvalue weighted by Crippen LogP contribution is -2.38. The molecule has 2 saturated carbocycles. The highest BCUT2D eigenvalue weighted by atomic mass is 16.5. The second kappa shape index (κ2) is 4.90. The topological polar surface area (TPSA) is 55.8 Å². The van der Waals surface area contributed by atoms with Crippen molar-refractivity contribution in [2.45, 2.75) is 46.1 Å². The minimum atomic E-state index is -0.340. The molecule has 0 heterocycles. The van der Waals surface area contributed by atoms with Gasteiger partial charge in [0.1, 0.15) is 6.10 Å². The number of fused-ring (bicyclic) bond motifs is 2. The number of benzene rings is 1. The number of phenolic OH excluding ortho intramolecular Hbond substituents is 1. The first kappa shape index (κ1) is 15.2. The lowest BCUT2D eigenvalue weighted by atomic mass is 9.70. The molecule has 0 unspecified atom stereocenters. The van der Waals surface area contributed by atoms with Crippen LogP contribution >= 0.6 is 0 Å². The maximum absolute atomic E-state index is 12.5. The molecule has 1 N–H and O–H groups in total. The molecule has 2 aliphatic carbocycles. The number of rotatable bonds is 3. The Bertz CT molecular complexity index is 607. The van der Waals surface area contributed by atoms with E-state index in [0.717, 1.165) is 12.8 Å². The van der Waals surface area contributed by atoms with E-state index in [2.05, 4.69) is 20.8 Å². The van der Waals surface area contributed by atoms with Crippen molar-refractivity contribution >= 4 is 5.97 Å². The van der Waals surface area contributed by atoms with Gasteiger partial charge in [-0.25, -0.2) is 4.79 Å². The highest BCUT2D eigenvalue weighted by Gasteiger charge is 2.62. The van der Waals surface area contributed by atoms with Gasteiger partial charge < -0.3 is 14.6 Å². The molecule has 2 bridgehead atoms. The minimum Gasteiger partial charge on any atom is -0.504 e. The average molecular weight is 304 g/mol. The third-order valence-corrected chi connectivity index (χ3v) is 6.38. The number of carbonyl (C=O) groups is 1. The fourth-order valence-electron chi connectivity index (χ4n) is 4.31. The molecule has 4 nitrogen and oxygen atoms in total. The second-order valence-electron chi connectivity index (χ2n) is 7.39. The van der Waals surface area contributed by atoms with Crippen molar-refractivity contribution in [1.82, 2.24) is 0 Å². The van der Waals surface area contributed by atoms with Crippen molar-refractivity contribution in [2.24, 2.45) is 16.7 Å². The van der Waals surface area contributed by atoms with Crippen LogP contribution in [0.1, 0.15) is 50.4 Å². The summed E-state index contributed by atoms with van der Waals surface area (Å²) in [7, 11) is 1.46. The van der Waals surface area contributed by atoms with Crippen molar-refractivity contribution in [3.8, 4) is 11.5 Å². The van der Waals surface area contributed by atoms with Crippen LogP contribution in [0.3, 0.4) is 0 Å². The zero-order valence-corrected chi connectivity index (χ0v) is 13.7. The molecule has 120 valence electrons. The maximum Gasteiger partial charge on any atom is 0.338 e. The fraction of sp³-hybridized carbons (Fsp3) is 0.611. The molecule has 0 aliphatic heterocycles. The zero-order chi connectivity index (χ0) is 16.1. The van der Waals surface area contributed by atoms with E-state index in [1.807, 2.05) is 0 Å². The van der Waals surface area contributed by atoms with E-state index in [9.17, 15) is 9.90 Å². The van der Waals surface area contributed by atoms with E-state index < -0.39 is 0 Å². The maximum atomic E-state index is 12.5. The average Bonchev–Trinajstić information content (AvgIpc) is 2.81. The summed E-state index contributed by atoms with van der Waals surface area (Å²) in [6.45, 7) is 6.83. The first-order valence-electron chi connectivity index (χ1n) is 7.87. The summed E-state index contributed by atoms with van der Waals surface area (Å²) < 4.78 is 10.9. The molecule has 0 saturated heterocycles. The van der Waals surface area contributed by atoms with Gasteiger partial charge >= 0.3 is 5.97 Å². The number of aromatic hydroxyl groups is 1. The van der Waals surface area contributed by atoms with Gasteiger partial charge in [0.05, 0.1) is 12.7 Å². The second-order valence-corrected chi connectivity index (χ2v) is 7.39. The minimum absolute atomic E-state index is 0.0204. The van der Waals surface area contributed by atoms with E-state index in [1.54, 1.807) is 6.07 Å². The van der Waals surface area contributed by atoms with Crippen molar-refractivity contribution in [1.29, 1.82) is 0 Å². The Labute approximate surface area is 131 Å². The van der Waals surface area contributed by atoms with Crippen LogP contribution in [0.5, 0.6) is 11.5 Å². The molecule has 0 aromatic heterocycles. The molecule has 3 rings (SSSR count). The van der Waals surface area contributed by atoms with Gasteiger partial charge in [-0.05, 0) is 48.8 Å². The van der Waals surface area contributed by atoms with Crippen LogP contribution < -0.4 is 4.74 Å². The highest BCUT2D eigenvalue weighted by Crippen LogP contribution is 2.66. The Kier molecular flexibility index (Phi) is 3.38. The van der Waals surface area contributed by atoms with Crippen LogP contribution in [-0.4, -0.2) is 24.3 Å². The van der Waals surface area contributed by atoms with Gasteiger partial charge in [0.2, 0.25) is 0 Å². The Hall–Kier alpha value is -1.71. The summed E-state index contributed by atoms with van der Waals surface area (Å²) in [5, 5.41) is 9.62. The van der Waals surface area contributed by atoms with Gasteiger partial charge in [0, 0.05) is 5.41 Å². The Morgan fingerprint density at radius 2 is 2.05 bits per heavy atom. The Balaban J connectivity index is 1.79.